The Morgan fingerprint density at radius 1 is 0.952 bits per heavy atom. The second kappa shape index (κ2) is 7.07. The lowest BCUT2D eigenvalue weighted by atomic mass is 10.0. The predicted molar refractivity (Wildman–Crippen MR) is 82.1 cm³/mol. The van der Waals surface area contributed by atoms with E-state index >= 15 is 0 Å². The van der Waals surface area contributed by atoms with E-state index in [0.717, 1.165) is 64.8 Å². The smallest absolute Gasteiger partial charge is 0.240 e. The predicted octanol–water partition coefficient (Wildman–Crippen LogP) is 0.576. The summed E-state index contributed by atoms with van der Waals surface area (Å²) in [5.41, 5.74) is 0. The zero-order valence-corrected chi connectivity index (χ0v) is 13.0. The van der Waals surface area contributed by atoms with E-state index in [2.05, 4.69) is 10.2 Å². The molecule has 1 amide bonds. The molecule has 0 bridgehead atoms. The van der Waals surface area contributed by atoms with Gasteiger partial charge in [0.05, 0.1) is 12.1 Å². The average Bonchev–Trinajstić information content (AvgIpc) is 2.90. The maximum absolute atomic E-state index is 12.8. The van der Waals surface area contributed by atoms with Crippen molar-refractivity contribution in [2.45, 2.75) is 63.1 Å². The number of aliphatic hydroxyl groups is 1. The maximum Gasteiger partial charge on any atom is 0.240 e. The minimum atomic E-state index is -0.246. The molecule has 3 aliphatic rings. The number of hydrogen-bond acceptors (Lipinski definition) is 4. The van der Waals surface area contributed by atoms with Crippen LogP contribution in [-0.4, -0.2) is 71.7 Å². The van der Waals surface area contributed by atoms with E-state index in [9.17, 15) is 9.90 Å². The Labute approximate surface area is 127 Å². The Bertz CT molecular complexity index is 357. The van der Waals surface area contributed by atoms with Gasteiger partial charge in [0, 0.05) is 32.2 Å². The number of carbonyl (C=O) groups excluding carboxylic acids is 1. The normalized spacial score (nSPS) is 35.7. The number of piperazine rings is 1. The van der Waals surface area contributed by atoms with Crippen LogP contribution in [0.5, 0.6) is 0 Å². The van der Waals surface area contributed by atoms with Crippen molar-refractivity contribution in [3.8, 4) is 0 Å². The van der Waals surface area contributed by atoms with Gasteiger partial charge in [-0.3, -0.25) is 9.69 Å². The Morgan fingerprint density at radius 2 is 1.71 bits per heavy atom. The van der Waals surface area contributed by atoms with Gasteiger partial charge >= 0.3 is 0 Å². The minimum Gasteiger partial charge on any atom is -0.391 e. The Kier molecular flexibility index (Phi) is 5.14. The Balaban J connectivity index is 1.67. The highest BCUT2D eigenvalue weighted by Gasteiger charge is 2.40. The zero-order valence-electron chi connectivity index (χ0n) is 13.0. The summed E-state index contributed by atoms with van der Waals surface area (Å²) in [5, 5.41) is 13.7. The topological polar surface area (TPSA) is 55.8 Å². The molecule has 2 N–H and O–H groups in total. The lowest BCUT2D eigenvalue weighted by Gasteiger charge is -2.37. The van der Waals surface area contributed by atoms with Gasteiger partial charge in [0.15, 0.2) is 0 Å². The molecule has 2 aliphatic heterocycles. The van der Waals surface area contributed by atoms with Crippen molar-refractivity contribution >= 4 is 5.91 Å². The monoisotopic (exact) mass is 295 g/mol. The molecule has 3 atom stereocenters. The lowest BCUT2D eigenvalue weighted by Crippen LogP contribution is -2.55. The van der Waals surface area contributed by atoms with Crippen molar-refractivity contribution < 1.29 is 9.90 Å². The van der Waals surface area contributed by atoms with E-state index in [-0.39, 0.29) is 18.2 Å². The third-order valence-corrected chi connectivity index (χ3v) is 5.38. The number of rotatable bonds is 2. The van der Waals surface area contributed by atoms with E-state index in [4.69, 9.17) is 0 Å². The molecule has 1 saturated carbocycles. The van der Waals surface area contributed by atoms with Gasteiger partial charge in [-0.1, -0.05) is 19.3 Å². The van der Waals surface area contributed by atoms with Crippen molar-refractivity contribution in [3.05, 3.63) is 0 Å². The quantitative estimate of drug-likeness (QED) is 0.732. The van der Waals surface area contributed by atoms with E-state index in [1.165, 1.54) is 12.8 Å². The molecule has 2 heterocycles. The number of likely N-dealkylation sites (tertiary alicyclic amines) is 1. The van der Waals surface area contributed by atoms with Crippen LogP contribution in [0.15, 0.2) is 0 Å². The first kappa shape index (κ1) is 15.3. The summed E-state index contributed by atoms with van der Waals surface area (Å²) in [6.45, 7) is 4.45. The number of nitrogens with zero attached hydrogens (tertiary/aromatic N) is 2. The first-order valence-electron chi connectivity index (χ1n) is 8.70. The molecule has 3 unspecified atom stereocenters. The molecule has 21 heavy (non-hydrogen) atoms. The minimum absolute atomic E-state index is 0.0147. The molecule has 1 aliphatic carbocycles. The van der Waals surface area contributed by atoms with Crippen molar-refractivity contribution in [2.24, 2.45) is 0 Å². The van der Waals surface area contributed by atoms with Gasteiger partial charge in [-0.25, -0.2) is 0 Å². The van der Waals surface area contributed by atoms with Crippen LogP contribution in [0.3, 0.4) is 0 Å². The molecule has 2 saturated heterocycles. The van der Waals surface area contributed by atoms with Crippen LogP contribution in [0.4, 0.5) is 0 Å². The van der Waals surface area contributed by atoms with Crippen LogP contribution in [0.1, 0.15) is 44.9 Å². The summed E-state index contributed by atoms with van der Waals surface area (Å²) in [6, 6.07) is 0.215. The van der Waals surface area contributed by atoms with Gasteiger partial charge in [-0.05, 0) is 32.2 Å². The van der Waals surface area contributed by atoms with Crippen molar-refractivity contribution in [1.29, 1.82) is 0 Å². The molecule has 0 aromatic heterocycles. The maximum atomic E-state index is 12.8. The second-order valence-corrected chi connectivity index (χ2v) is 6.74. The van der Waals surface area contributed by atoms with Gasteiger partial charge < -0.3 is 15.3 Å². The van der Waals surface area contributed by atoms with Crippen molar-refractivity contribution in [1.82, 2.24) is 15.1 Å². The van der Waals surface area contributed by atoms with Crippen molar-refractivity contribution in [2.75, 3.05) is 32.7 Å². The van der Waals surface area contributed by atoms with Crippen LogP contribution in [-0.2, 0) is 4.79 Å². The van der Waals surface area contributed by atoms with Gasteiger partial charge in [0.25, 0.3) is 0 Å². The molecule has 5 heteroatoms. The highest BCUT2D eigenvalue weighted by atomic mass is 16.3. The fourth-order valence-corrected chi connectivity index (χ4v) is 4.20. The van der Waals surface area contributed by atoms with Gasteiger partial charge in [0.2, 0.25) is 5.91 Å². The summed E-state index contributed by atoms with van der Waals surface area (Å²) in [6.07, 6.45) is 7.29. The molecular formula is C16H29N3O2. The molecule has 0 aromatic rings. The molecule has 5 nitrogen and oxygen atoms in total. The Morgan fingerprint density at radius 3 is 2.52 bits per heavy atom. The molecule has 3 rings (SSSR count). The Hall–Kier alpha value is -0.650. The van der Waals surface area contributed by atoms with E-state index in [1.54, 1.807) is 0 Å². The first-order valence-corrected chi connectivity index (χ1v) is 8.70. The fraction of sp³-hybridized carbons (Fsp3) is 0.938. The number of nitrogens with one attached hydrogen (secondary N) is 1. The lowest BCUT2D eigenvalue weighted by molar-refractivity contribution is -0.138. The number of carbonyl (C=O) groups is 1. The van der Waals surface area contributed by atoms with E-state index < -0.39 is 0 Å². The first-order chi connectivity index (χ1) is 10.3. The van der Waals surface area contributed by atoms with Crippen LogP contribution in [0, 0.1) is 0 Å². The summed E-state index contributed by atoms with van der Waals surface area (Å²) >= 11 is 0. The molecule has 0 spiro atoms. The molecule has 0 radical (unpaired) electrons. The number of hydrogen-bond donors (Lipinski definition) is 2. The highest BCUT2D eigenvalue weighted by molar-refractivity contribution is 5.82. The molecule has 120 valence electrons. The van der Waals surface area contributed by atoms with Gasteiger partial charge in [-0.15, -0.1) is 0 Å². The van der Waals surface area contributed by atoms with Crippen LogP contribution in [0.25, 0.3) is 0 Å². The molecule has 0 aromatic carbocycles. The summed E-state index contributed by atoms with van der Waals surface area (Å²) in [7, 11) is 0. The number of aliphatic hydroxyl groups excluding tert-OH is 1. The largest absolute Gasteiger partial charge is 0.391 e. The zero-order chi connectivity index (χ0) is 14.7. The van der Waals surface area contributed by atoms with Gasteiger partial charge in [-0.2, -0.15) is 0 Å². The van der Waals surface area contributed by atoms with Crippen LogP contribution in [0.2, 0.25) is 0 Å². The summed E-state index contributed by atoms with van der Waals surface area (Å²) in [4.78, 5) is 17.2. The van der Waals surface area contributed by atoms with Crippen LogP contribution < -0.4 is 5.32 Å². The summed E-state index contributed by atoms with van der Waals surface area (Å²) < 4.78 is 0. The summed E-state index contributed by atoms with van der Waals surface area (Å²) in [5.74, 6) is 0.297. The standard InChI is InChI=1S/C16H29N3O2/c20-15-7-3-1-2-5-13(15)19-10-4-6-14(19)16(21)18-11-8-17-9-12-18/h13-15,17,20H,1-12H2. The van der Waals surface area contributed by atoms with Crippen molar-refractivity contribution in [3.63, 3.8) is 0 Å². The average molecular weight is 295 g/mol. The number of amides is 1. The highest BCUT2D eigenvalue weighted by Crippen LogP contribution is 2.29. The molecular weight excluding hydrogens is 266 g/mol. The van der Waals surface area contributed by atoms with Gasteiger partial charge in [0.1, 0.15) is 0 Å². The second-order valence-electron chi connectivity index (χ2n) is 6.74. The molecule has 3 fully saturated rings. The van der Waals surface area contributed by atoms with E-state index in [1.807, 2.05) is 4.90 Å². The third kappa shape index (κ3) is 3.41. The third-order valence-electron chi connectivity index (χ3n) is 5.38. The SMILES string of the molecule is O=C(C1CCCN1C1CCCCCC1O)N1CCNCC1. The van der Waals surface area contributed by atoms with E-state index in [0.29, 0.717) is 5.91 Å². The van der Waals surface area contributed by atoms with Crippen LogP contribution >= 0.6 is 0 Å². The fourth-order valence-electron chi connectivity index (χ4n) is 4.20.